The number of aliphatic carboxylic acids is 1. The first-order valence-electron chi connectivity index (χ1n) is 8.34. The number of rotatable bonds is 8. The number of allylic oxidation sites excluding steroid dienone is 2. The third-order valence-corrected chi connectivity index (χ3v) is 3.59. The van der Waals surface area contributed by atoms with E-state index >= 15 is 0 Å². The van der Waals surface area contributed by atoms with Crippen molar-refractivity contribution < 1.29 is 24.2 Å². The molecule has 7 nitrogen and oxygen atoms in total. The van der Waals surface area contributed by atoms with Crippen molar-refractivity contribution in [1.82, 2.24) is 10.6 Å². The second kappa shape index (κ2) is 9.30. The summed E-state index contributed by atoms with van der Waals surface area (Å²) in [5.74, 6) is -1.02. The summed E-state index contributed by atoms with van der Waals surface area (Å²) in [6, 6.07) is -0.991. The number of unbranched alkanes of at least 4 members (excludes halogenated alkanes) is 1. The van der Waals surface area contributed by atoms with Gasteiger partial charge in [0.15, 0.2) is 0 Å². The first-order chi connectivity index (χ1) is 11.2. The molecule has 0 heterocycles. The minimum absolute atomic E-state index is 0.0330. The van der Waals surface area contributed by atoms with Gasteiger partial charge in [0.05, 0.1) is 0 Å². The Labute approximate surface area is 142 Å². The molecule has 0 aliphatic heterocycles. The lowest BCUT2D eigenvalue weighted by Crippen LogP contribution is -2.43. The first-order valence-corrected chi connectivity index (χ1v) is 8.34. The molecule has 0 spiro atoms. The van der Waals surface area contributed by atoms with Crippen LogP contribution in [0.3, 0.4) is 0 Å². The molecule has 0 radical (unpaired) electrons. The van der Waals surface area contributed by atoms with Crippen LogP contribution in [0.15, 0.2) is 12.2 Å². The third-order valence-electron chi connectivity index (χ3n) is 3.59. The Morgan fingerprint density at radius 3 is 2.38 bits per heavy atom. The predicted molar refractivity (Wildman–Crippen MR) is 89.5 cm³/mol. The Balaban J connectivity index is 2.22. The van der Waals surface area contributed by atoms with Crippen molar-refractivity contribution in [2.24, 2.45) is 5.92 Å². The number of hydrogen-bond donors (Lipinski definition) is 3. The van der Waals surface area contributed by atoms with Crippen LogP contribution in [0, 0.1) is 5.92 Å². The van der Waals surface area contributed by atoms with E-state index in [1.54, 1.807) is 20.8 Å². The van der Waals surface area contributed by atoms with Crippen LogP contribution >= 0.6 is 0 Å². The topological polar surface area (TPSA) is 105 Å². The van der Waals surface area contributed by atoms with E-state index in [0.717, 1.165) is 12.8 Å². The molecule has 1 atom stereocenters. The Hall–Kier alpha value is -2.05. The number of carbonyl (C=O) groups excluding carboxylic acids is 2. The van der Waals surface area contributed by atoms with Crippen molar-refractivity contribution in [1.29, 1.82) is 0 Å². The molecular weight excluding hydrogens is 312 g/mol. The fourth-order valence-electron chi connectivity index (χ4n) is 2.37. The van der Waals surface area contributed by atoms with Crippen LogP contribution in [0.4, 0.5) is 4.79 Å². The molecular formula is C17H28N2O5. The quantitative estimate of drug-likeness (QED) is 0.464. The van der Waals surface area contributed by atoms with Gasteiger partial charge in [0.2, 0.25) is 5.91 Å². The Bertz CT molecular complexity index is 474. The van der Waals surface area contributed by atoms with E-state index in [4.69, 9.17) is 9.84 Å². The largest absolute Gasteiger partial charge is 0.480 e. The van der Waals surface area contributed by atoms with Gasteiger partial charge in [0.25, 0.3) is 0 Å². The summed E-state index contributed by atoms with van der Waals surface area (Å²) < 4.78 is 5.06. The van der Waals surface area contributed by atoms with Crippen LogP contribution < -0.4 is 10.6 Å². The molecule has 1 unspecified atom stereocenters. The zero-order valence-electron chi connectivity index (χ0n) is 14.6. The zero-order valence-corrected chi connectivity index (χ0v) is 14.6. The molecule has 1 rings (SSSR count). The molecule has 0 aromatic rings. The second-order valence-corrected chi connectivity index (χ2v) is 6.96. The fraction of sp³-hybridized carbons (Fsp3) is 0.706. The van der Waals surface area contributed by atoms with Crippen LogP contribution in [0.25, 0.3) is 0 Å². The van der Waals surface area contributed by atoms with Crippen LogP contribution in [-0.2, 0) is 14.3 Å². The van der Waals surface area contributed by atoms with Crippen molar-refractivity contribution in [3.8, 4) is 0 Å². The number of amides is 2. The van der Waals surface area contributed by atoms with E-state index in [1.807, 2.05) is 12.2 Å². The first kappa shape index (κ1) is 20.0. The minimum atomic E-state index is -1.10. The maximum absolute atomic E-state index is 11.8. The maximum atomic E-state index is 11.8. The van der Waals surface area contributed by atoms with Gasteiger partial charge >= 0.3 is 12.1 Å². The van der Waals surface area contributed by atoms with E-state index in [9.17, 15) is 14.4 Å². The number of carboxylic acids is 1. The molecule has 7 heteroatoms. The van der Waals surface area contributed by atoms with Gasteiger partial charge in [-0.25, -0.2) is 9.59 Å². The summed E-state index contributed by atoms with van der Waals surface area (Å²) in [5.41, 5.74) is -0.674. The summed E-state index contributed by atoms with van der Waals surface area (Å²) in [4.78, 5) is 34.6. The maximum Gasteiger partial charge on any atom is 0.408 e. The van der Waals surface area contributed by atoms with E-state index < -0.39 is 23.7 Å². The van der Waals surface area contributed by atoms with Crippen LogP contribution in [-0.4, -0.2) is 41.3 Å². The van der Waals surface area contributed by atoms with E-state index in [2.05, 4.69) is 10.6 Å². The van der Waals surface area contributed by atoms with Crippen LogP contribution in [0.1, 0.15) is 52.9 Å². The summed E-state index contributed by atoms with van der Waals surface area (Å²) in [6.45, 7) is 5.65. The van der Waals surface area contributed by atoms with Crippen molar-refractivity contribution >= 4 is 18.0 Å². The van der Waals surface area contributed by atoms with Crippen LogP contribution in [0.5, 0.6) is 0 Å². The lowest BCUT2D eigenvalue weighted by molar-refractivity contribution is -0.139. The number of alkyl carbamates (subject to hydrolysis) is 1. The molecule has 0 bridgehead atoms. The fourth-order valence-corrected chi connectivity index (χ4v) is 2.37. The molecule has 1 aliphatic rings. The molecule has 0 saturated heterocycles. The molecule has 0 saturated carbocycles. The van der Waals surface area contributed by atoms with Gasteiger partial charge in [0.1, 0.15) is 11.6 Å². The molecule has 0 aromatic carbocycles. The minimum Gasteiger partial charge on any atom is -0.480 e. The van der Waals surface area contributed by atoms with Gasteiger partial charge in [-0.2, -0.15) is 0 Å². The third kappa shape index (κ3) is 7.99. The summed E-state index contributed by atoms with van der Waals surface area (Å²) in [5, 5.41) is 14.4. The number of carboxylic acid groups (broad SMARTS) is 1. The number of hydrogen-bond acceptors (Lipinski definition) is 4. The zero-order chi connectivity index (χ0) is 18.2. The molecule has 136 valence electrons. The average molecular weight is 340 g/mol. The SMILES string of the molecule is CC(C)(C)OC(=O)NC(CCCCNC(=O)C1CC=CC1)C(=O)O. The summed E-state index contributed by atoms with van der Waals surface area (Å²) >= 11 is 0. The molecule has 24 heavy (non-hydrogen) atoms. The van der Waals surface area contributed by atoms with Gasteiger partial charge in [-0.1, -0.05) is 12.2 Å². The van der Waals surface area contributed by atoms with E-state index in [-0.39, 0.29) is 18.2 Å². The van der Waals surface area contributed by atoms with Gasteiger partial charge in [-0.3, -0.25) is 4.79 Å². The highest BCUT2D eigenvalue weighted by atomic mass is 16.6. The highest BCUT2D eigenvalue weighted by Gasteiger charge is 2.23. The second-order valence-electron chi connectivity index (χ2n) is 6.96. The lowest BCUT2D eigenvalue weighted by atomic mass is 10.1. The molecule has 1 aliphatic carbocycles. The van der Waals surface area contributed by atoms with Crippen molar-refractivity contribution in [3.05, 3.63) is 12.2 Å². The number of nitrogens with one attached hydrogen (secondary N) is 2. The smallest absolute Gasteiger partial charge is 0.408 e. The summed E-state index contributed by atoms with van der Waals surface area (Å²) in [7, 11) is 0. The molecule has 3 N–H and O–H groups in total. The molecule has 0 aromatic heterocycles. The number of carbonyl (C=O) groups is 3. The predicted octanol–water partition coefficient (Wildman–Crippen LogP) is 2.22. The normalized spacial score (nSPS) is 15.8. The van der Waals surface area contributed by atoms with Gasteiger partial charge in [-0.15, -0.1) is 0 Å². The van der Waals surface area contributed by atoms with Crippen molar-refractivity contribution in [2.75, 3.05) is 6.54 Å². The number of ether oxygens (including phenoxy) is 1. The highest BCUT2D eigenvalue weighted by Crippen LogP contribution is 2.17. The van der Waals surface area contributed by atoms with Crippen molar-refractivity contribution in [2.45, 2.75) is 64.5 Å². The Morgan fingerprint density at radius 2 is 1.83 bits per heavy atom. The van der Waals surface area contributed by atoms with Gasteiger partial charge in [-0.05, 0) is 52.9 Å². The Morgan fingerprint density at radius 1 is 1.21 bits per heavy atom. The monoisotopic (exact) mass is 340 g/mol. The molecule has 0 fully saturated rings. The van der Waals surface area contributed by atoms with E-state index in [1.165, 1.54) is 0 Å². The highest BCUT2D eigenvalue weighted by molar-refractivity contribution is 5.80. The van der Waals surface area contributed by atoms with Crippen molar-refractivity contribution in [3.63, 3.8) is 0 Å². The average Bonchev–Trinajstić information content (AvgIpc) is 2.97. The summed E-state index contributed by atoms with van der Waals surface area (Å²) in [6.07, 6.45) is 6.36. The van der Waals surface area contributed by atoms with Crippen LogP contribution in [0.2, 0.25) is 0 Å². The Kier molecular flexibility index (Phi) is 7.74. The van der Waals surface area contributed by atoms with Gasteiger partial charge in [0, 0.05) is 12.5 Å². The van der Waals surface area contributed by atoms with Gasteiger partial charge < -0.3 is 20.5 Å². The lowest BCUT2D eigenvalue weighted by Gasteiger charge is -2.22. The standard InChI is InChI=1S/C17H28N2O5/c1-17(2,3)24-16(23)19-13(15(21)22)10-6-7-11-18-14(20)12-8-4-5-9-12/h4-5,12-13H,6-11H2,1-3H3,(H,18,20)(H,19,23)(H,21,22). The van der Waals surface area contributed by atoms with E-state index in [0.29, 0.717) is 19.4 Å². The molecule has 2 amide bonds.